The zero-order valence-electron chi connectivity index (χ0n) is 31.5. The minimum atomic E-state index is -5.66. The van der Waals surface area contributed by atoms with E-state index < -0.39 is 15.6 Å². The van der Waals surface area contributed by atoms with Crippen LogP contribution in [0.3, 0.4) is 0 Å². The first-order chi connectivity index (χ1) is 26.0. The Hall–Kier alpha value is -4.93. The highest BCUT2D eigenvalue weighted by Gasteiger charge is 2.48. The van der Waals surface area contributed by atoms with Crippen LogP contribution in [0, 0.1) is 0 Å². The summed E-state index contributed by atoms with van der Waals surface area (Å²) in [5, 5.41) is 6.91. The fourth-order valence-corrected chi connectivity index (χ4v) is 8.34. The second-order valence-corrected chi connectivity index (χ2v) is 17.5. The van der Waals surface area contributed by atoms with Gasteiger partial charge in [-0.15, -0.1) is 0 Å². The van der Waals surface area contributed by atoms with Crippen molar-refractivity contribution in [2.24, 2.45) is 0 Å². The topological polar surface area (TPSA) is 67.4 Å². The maximum atomic E-state index is 12.3. The summed E-state index contributed by atoms with van der Waals surface area (Å²) in [5.74, 6) is 1.77. The van der Waals surface area contributed by atoms with Crippen molar-refractivity contribution < 1.29 is 25.8 Å². The number of halogens is 3. The fraction of sp³-hybridized carbons (Fsp3) is 0.244. The molecule has 5 nitrogen and oxygen atoms in total. The van der Waals surface area contributed by atoms with Crippen molar-refractivity contribution in [2.45, 2.75) is 57.6 Å². The molecule has 0 saturated heterocycles. The van der Waals surface area contributed by atoms with Crippen LogP contribution in [0.25, 0.3) is 33.4 Å². The van der Waals surface area contributed by atoms with E-state index in [0.717, 1.165) is 23.5 Å². The van der Waals surface area contributed by atoms with E-state index in [9.17, 15) is 21.6 Å². The van der Waals surface area contributed by atoms with E-state index in [4.69, 9.17) is 0 Å². The maximum Gasteiger partial charge on any atom is 0.534 e. The predicted molar refractivity (Wildman–Crippen MR) is 224 cm³/mol. The maximum absolute atomic E-state index is 12.3. The Labute approximate surface area is 326 Å². The molecule has 0 radical (unpaired) electrons. The third-order valence-corrected chi connectivity index (χ3v) is 11.2. The average Bonchev–Trinajstić information content (AvgIpc) is 3.13. The van der Waals surface area contributed by atoms with Crippen molar-refractivity contribution in [1.29, 1.82) is 0 Å². The molecular weight excluding hydrogens is 738 g/mol. The average molecular weight is 783 g/mol. The summed E-state index contributed by atoms with van der Waals surface area (Å²) in [6, 6.07) is 41.0. The van der Waals surface area contributed by atoms with Crippen molar-refractivity contribution in [2.75, 3.05) is 22.1 Å². The zero-order chi connectivity index (χ0) is 39.4. The molecule has 2 aliphatic rings. The van der Waals surface area contributed by atoms with Crippen molar-refractivity contribution in [3.63, 3.8) is 0 Å². The Morgan fingerprint density at radius 1 is 0.655 bits per heavy atom. The summed E-state index contributed by atoms with van der Waals surface area (Å²) < 4.78 is 63.0. The zero-order valence-corrected chi connectivity index (χ0v) is 33.1. The summed E-state index contributed by atoms with van der Waals surface area (Å²) in [7, 11) is -5.66. The highest BCUT2D eigenvalue weighted by atomic mass is 32.2. The largest absolute Gasteiger partial charge is 0.534 e. The van der Waals surface area contributed by atoms with Crippen LogP contribution in [0.15, 0.2) is 133 Å². The summed E-state index contributed by atoms with van der Waals surface area (Å²) in [4.78, 5) is 0. The Kier molecular flexibility index (Phi) is 11.6. The van der Waals surface area contributed by atoms with Crippen LogP contribution in [0.1, 0.15) is 51.3 Å². The molecule has 0 fully saturated rings. The normalized spacial score (nSPS) is 15.4. The van der Waals surface area contributed by atoms with Gasteiger partial charge in [-0.3, -0.25) is 0 Å². The Bertz CT molecular complexity index is 2320. The van der Waals surface area contributed by atoms with E-state index >= 15 is 0 Å². The van der Waals surface area contributed by atoms with Gasteiger partial charge in [0.05, 0.1) is 11.1 Å². The van der Waals surface area contributed by atoms with Crippen molar-refractivity contribution >= 4 is 44.4 Å². The lowest BCUT2D eigenvalue weighted by molar-refractivity contribution is -0.0500. The fourth-order valence-electron chi connectivity index (χ4n) is 6.91. The van der Waals surface area contributed by atoms with Gasteiger partial charge in [0.25, 0.3) is 0 Å². The minimum absolute atomic E-state index is 0.0498. The van der Waals surface area contributed by atoms with Gasteiger partial charge in [0.1, 0.15) is 5.75 Å². The number of hydrogen-bond acceptors (Lipinski definition) is 6. The van der Waals surface area contributed by atoms with Gasteiger partial charge in [-0.1, -0.05) is 103 Å². The van der Waals surface area contributed by atoms with Gasteiger partial charge in [-0.05, 0) is 116 Å². The van der Waals surface area contributed by atoms with Crippen molar-refractivity contribution in [3.05, 3.63) is 150 Å². The minimum Gasteiger partial charge on any atom is -0.376 e. The van der Waals surface area contributed by atoms with Gasteiger partial charge in [-0.25, -0.2) is 0 Å². The molecule has 7 rings (SSSR count). The lowest BCUT2D eigenvalue weighted by atomic mass is 9.88. The van der Waals surface area contributed by atoms with Crippen molar-refractivity contribution in [1.82, 2.24) is 0 Å². The molecule has 0 aromatic heterocycles. The van der Waals surface area contributed by atoms with Crippen molar-refractivity contribution in [3.8, 4) is 28.0 Å². The molecule has 0 amide bonds. The number of aryl methyl sites for hydroxylation is 1. The monoisotopic (exact) mass is 782 g/mol. The molecule has 10 heteroatoms. The van der Waals surface area contributed by atoms with Gasteiger partial charge in [0, 0.05) is 28.3 Å². The number of fused-ring (bicyclic) bond motifs is 2. The lowest BCUT2D eigenvalue weighted by Gasteiger charge is -2.32. The van der Waals surface area contributed by atoms with Crippen LogP contribution in [0.4, 0.5) is 24.5 Å². The van der Waals surface area contributed by atoms with Crippen LogP contribution in [0.5, 0.6) is 5.75 Å². The molecule has 2 aliphatic heterocycles. The van der Waals surface area contributed by atoms with E-state index in [2.05, 4.69) is 138 Å². The number of thioether (sulfide) groups is 1. The SMILES string of the molecule is CC1(C)C=C(CSCCc2ccccc2)c2cc(-c3ccccc3-c3ccccc3)ccc2N1.CC1=CC(C)(C)Nc2ccc(OS(=O)(=O)C(F)(F)F)cc21. The molecule has 0 aliphatic carbocycles. The molecule has 286 valence electrons. The first-order valence-electron chi connectivity index (χ1n) is 18.0. The molecule has 55 heavy (non-hydrogen) atoms. The Balaban J connectivity index is 0.000000211. The number of nitrogens with one attached hydrogen (secondary N) is 2. The standard InChI is InChI=1S/C32H31NS.C13H14F3NO3S/c1-32(2)22-27(23-34-20-19-24-11-5-3-6-12-24)30-21-26(17-18-31(30)33-32)29-16-10-9-15-28(29)25-13-7-4-8-14-25;1-8-7-12(2,3)17-11-5-4-9(6-10(8)11)20-21(18,19)13(14,15)16/h3-18,21-22,33H,19-20,23H2,1-2H3;4-7,17H,1-3H3. The number of benzene rings is 5. The van der Waals surface area contributed by atoms with Crippen LogP contribution in [-0.4, -0.2) is 36.5 Å². The van der Waals surface area contributed by atoms with Gasteiger partial charge in [0.2, 0.25) is 0 Å². The van der Waals surface area contributed by atoms with Crippen LogP contribution < -0.4 is 14.8 Å². The lowest BCUT2D eigenvalue weighted by Crippen LogP contribution is -2.32. The third-order valence-electron chi connectivity index (χ3n) is 9.26. The van der Waals surface area contributed by atoms with E-state index in [1.165, 1.54) is 62.8 Å². The van der Waals surface area contributed by atoms with Gasteiger partial charge >= 0.3 is 15.6 Å². The van der Waals surface area contributed by atoms with E-state index in [0.29, 0.717) is 11.3 Å². The molecule has 0 atom stereocenters. The number of anilines is 2. The van der Waals surface area contributed by atoms with E-state index in [1.807, 2.05) is 31.7 Å². The van der Waals surface area contributed by atoms with E-state index in [-0.39, 0.29) is 16.8 Å². The summed E-state index contributed by atoms with van der Waals surface area (Å²) in [6.45, 7) is 10.2. The molecule has 0 saturated carbocycles. The highest BCUT2D eigenvalue weighted by Crippen LogP contribution is 2.41. The molecule has 2 N–H and O–H groups in total. The first kappa shape index (κ1) is 39.8. The van der Waals surface area contributed by atoms with Crippen LogP contribution in [0.2, 0.25) is 0 Å². The first-order valence-corrected chi connectivity index (χ1v) is 20.6. The Morgan fingerprint density at radius 3 is 1.87 bits per heavy atom. The van der Waals surface area contributed by atoms with Gasteiger partial charge in [0.15, 0.2) is 0 Å². The quantitative estimate of drug-likeness (QED) is 0.0882. The molecule has 2 heterocycles. The molecule has 0 bridgehead atoms. The second kappa shape index (κ2) is 16.0. The van der Waals surface area contributed by atoms with Gasteiger partial charge < -0.3 is 14.8 Å². The number of alkyl halides is 3. The predicted octanol–water partition coefficient (Wildman–Crippen LogP) is 12.1. The number of rotatable bonds is 9. The van der Waals surface area contributed by atoms with Crippen LogP contribution in [-0.2, 0) is 16.5 Å². The number of hydrogen-bond donors (Lipinski definition) is 2. The molecule has 5 aromatic rings. The summed E-state index contributed by atoms with van der Waals surface area (Å²) in [6.07, 6.45) is 5.42. The number of allylic oxidation sites excluding steroid dienone is 1. The molecular formula is C45H45F3N2O3S2. The molecule has 0 spiro atoms. The van der Waals surface area contributed by atoms with Gasteiger partial charge in [-0.2, -0.15) is 33.4 Å². The second-order valence-electron chi connectivity index (χ2n) is 14.8. The van der Waals surface area contributed by atoms with E-state index in [1.54, 1.807) is 6.92 Å². The highest BCUT2D eigenvalue weighted by molar-refractivity contribution is 7.99. The third kappa shape index (κ3) is 9.85. The summed E-state index contributed by atoms with van der Waals surface area (Å²) >= 11 is 2.02. The summed E-state index contributed by atoms with van der Waals surface area (Å²) in [5.41, 5.74) is 6.79. The smallest absolute Gasteiger partial charge is 0.376 e. The van der Waals surface area contributed by atoms with Crippen LogP contribution >= 0.6 is 11.8 Å². The molecule has 5 aromatic carbocycles. The molecule has 0 unspecified atom stereocenters. The Morgan fingerprint density at radius 2 is 1.22 bits per heavy atom.